The van der Waals surface area contributed by atoms with Gasteiger partial charge < -0.3 is 14.6 Å². The van der Waals surface area contributed by atoms with Crippen LogP contribution in [0.25, 0.3) is 5.69 Å². The van der Waals surface area contributed by atoms with E-state index in [4.69, 9.17) is 4.74 Å². The van der Waals surface area contributed by atoms with Crippen molar-refractivity contribution in [2.24, 2.45) is 0 Å². The molecule has 2 aromatic heterocycles. The predicted molar refractivity (Wildman–Crippen MR) is 108 cm³/mol. The Morgan fingerprint density at radius 2 is 1.75 bits per heavy atom. The summed E-state index contributed by atoms with van der Waals surface area (Å²) >= 11 is 0. The summed E-state index contributed by atoms with van der Waals surface area (Å²) in [5, 5.41) is 2.94. The molecular weight excluding hydrogens is 350 g/mol. The largest absolute Gasteiger partial charge is 0.439 e. The lowest BCUT2D eigenvalue weighted by Crippen LogP contribution is -2.22. The van der Waals surface area contributed by atoms with Crippen LogP contribution in [-0.4, -0.2) is 15.5 Å². The van der Waals surface area contributed by atoms with E-state index < -0.39 is 0 Å². The van der Waals surface area contributed by atoms with E-state index in [-0.39, 0.29) is 5.91 Å². The lowest BCUT2D eigenvalue weighted by atomic mass is 10.1. The van der Waals surface area contributed by atoms with Crippen molar-refractivity contribution in [1.29, 1.82) is 0 Å². The first-order valence-electron chi connectivity index (χ1n) is 8.97. The lowest BCUT2D eigenvalue weighted by Gasteiger charge is -2.09. The minimum atomic E-state index is -0.116. The lowest BCUT2D eigenvalue weighted by molar-refractivity contribution is 0.0951. The third-order valence-electron chi connectivity index (χ3n) is 4.24. The molecule has 2 aromatic carbocycles. The highest BCUT2D eigenvalue weighted by molar-refractivity contribution is 5.94. The summed E-state index contributed by atoms with van der Waals surface area (Å²) in [6.45, 7) is 0.414. The van der Waals surface area contributed by atoms with Crippen molar-refractivity contribution >= 4 is 5.91 Å². The molecule has 1 amide bonds. The van der Waals surface area contributed by atoms with E-state index in [1.165, 1.54) is 0 Å². The Morgan fingerprint density at radius 1 is 0.929 bits per heavy atom. The number of carbonyl (C=O) groups is 1. The Balaban J connectivity index is 1.37. The Morgan fingerprint density at radius 3 is 2.50 bits per heavy atom. The molecule has 0 aliphatic carbocycles. The molecule has 2 heterocycles. The van der Waals surface area contributed by atoms with E-state index in [1.54, 1.807) is 12.3 Å². The first kappa shape index (κ1) is 17.5. The molecule has 5 nitrogen and oxygen atoms in total. The molecule has 4 aromatic rings. The van der Waals surface area contributed by atoms with Crippen molar-refractivity contribution in [3.8, 4) is 17.3 Å². The minimum absolute atomic E-state index is 0.116. The van der Waals surface area contributed by atoms with Crippen LogP contribution in [-0.2, 0) is 6.54 Å². The Labute approximate surface area is 163 Å². The number of benzene rings is 2. The number of amides is 1. The topological polar surface area (TPSA) is 56.1 Å². The van der Waals surface area contributed by atoms with E-state index >= 15 is 0 Å². The summed E-state index contributed by atoms with van der Waals surface area (Å²) in [5.41, 5.74) is 2.59. The zero-order valence-electron chi connectivity index (χ0n) is 15.2. The van der Waals surface area contributed by atoms with E-state index in [9.17, 15) is 4.79 Å². The molecule has 4 rings (SSSR count). The number of pyridine rings is 1. The van der Waals surface area contributed by atoms with Crippen molar-refractivity contribution < 1.29 is 9.53 Å². The van der Waals surface area contributed by atoms with Gasteiger partial charge in [-0.1, -0.05) is 18.2 Å². The van der Waals surface area contributed by atoms with Crippen LogP contribution in [0, 0.1) is 0 Å². The Kier molecular flexibility index (Phi) is 5.15. The zero-order chi connectivity index (χ0) is 19.2. The van der Waals surface area contributed by atoms with Gasteiger partial charge in [-0.2, -0.15) is 0 Å². The summed E-state index contributed by atoms with van der Waals surface area (Å²) in [7, 11) is 0. The maximum absolute atomic E-state index is 12.4. The molecule has 0 radical (unpaired) electrons. The van der Waals surface area contributed by atoms with Crippen LogP contribution < -0.4 is 10.1 Å². The van der Waals surface area contributed by atoms with E-state index in [2.05, 4.69) is 10.3 Å². The molecule has 0 aliphatic rings. The second kappa shape index (κ2) is 8.22. The van der Waals surface area contributed by atoms with Gasteiger partial charge in [0.1, 0.15) is 5.75 Å². The van der Waals surface area contributed by atoms with Gasteiger partial charge in [0, 0.05) is 42.5 Å². The molecule has 0 bridgehead atoms. The van der Waals surface area contributed by atoms with Gasteiger partial charge in [0.05, 0.1) is 0 Å². The van der Waals surface area contributed by atoms with Crippen LogP contribution in [0.4, 0.5) is 0 Å². The highest BCUT2D eigenvalue weighted by atomic mass is 16.5. The van der Waals surface area contributed by atoms with E-state index in [0.717, 1.165) is 11.3 Å². The van der Waals surface area contributed by atoms with Gasteiger partial charge in [0.2, 0.25) is 5.88 Å². The number of ether oxygens (including phenoxy) is 1. The van der Waals surface area contributed by atoms with Gasteiger partial charge in [-0.15, -0.1) is 0 Å². The molecule has 0 saturated heterocycles. The Bertz CT molecular complexity index is 1040. The average Bonchev–Trinajstić information content (AvgIpc) is 3.28. The van der Waals surface area contributed by atoms with Crippen LogP contribution in [0.2, 0.25) is 0 Å². The van der Waals surface area contributed by atoms with Gasteiger partial charge in [-0.25, -0.2) is 4.98 Å². The number of aromatic nitrogens is 2. The molecule has 0 spiro atoms. The maximum Gasteiger partial charge on any atom is 0.251 e. The van der Waals surface area contributed by atoms with Crippen molar-refractivity contribution in [2.45, 2.75) is 6.54 Å². The van der Waals surface area contributed by atoms with Gasteiger partial charge in [0.25, 0.3) is 5.91 Å². The van der Waals surface area contributed by atoms with Crippen molar-refractivity contribution in [1.82, 2.24) is 14.9 Å². The number of rotatable bonds is 6. The molecule has 0 saturated carbocycles. The van der Waals surface area contributed by atoms with E-state index in [0.29, 0.717) is 23.7 Å². The summed E-state index contributed by atoms with van der Waals surface area (Å²) in [6.07, 6.45) is 5.62. The van der Waals surface area contributed by atoms with Gasteiger partial charge in [0.15, 0.2) is 0 Å². The predicted octanol–water partition coefficient (Wildman–Crippen LogP) is 4.59. The van der Waals surface area contributed by atoms with Crippen LogP contribution in [0.1, 0.15) is 15.9 Å². The van der Waals surface area contributed by atoms with Crippen LogP contribution in [0.15, 0.2) is 97.5 Å². The maximum atomic E-state index is 12.4. The van der Waals surface area contributed by atoms with Crippen molar-refractivity contribution in [3.05, 3.63) is 109 Å². The fourth-order valence-electron chi connectivity index (χ4n) is 2.82. The summed E-state index contributed by atoms with van der Waals surface area (Å²) in [5.74, 6) is 1.10. The third-order valence-corrected chi connectivity index (χ3v) is 4.24. The SMILES string of the molecule is O=C(NCc1cccc(Oc2ccccn2)c1)c1ccc(-n2cccc2)cc1. The van der Waals surface area contributed by atoms with Crippen molar-refractivity contribution in [2.75, 3.05) is 0 Å². The number of nitrogens with zero attached hydrogens (tertiary/aromatic N) is 2. The molecule has 28 heavy (non-hydrogen) atoms. The first-order valence-corrected chi connectivity index (χ1v) is 8.97. The Hall–Kier alpha value is -3.86. The zero-order valence-corrected chi connectivity index (χ0v) is 15.2. The molecule has 138 valence electrons. The monoisotopic (exact) mass is 369 g/mol. The van der Waals surface area contributed by atoms with Gasteiger partial charge in [-0.05, 0) is 60.2 Å². The molecular formula is C23H19N3O2. The highest BCUT2D eigenvalue weighted by Crippen LogP contribution is 2.20. The number of hydrogen-bond acceptors (Lipinski definition) is 3. The van der Waals surface area contributed by atoms with Crippen LogP contribution in [0.5, 0.6) is 11.6 Å². The summed E-state index contributed by atoms with van der Waals surface area (Å²) in [6, 6.07) is 24.5. The fraction of sp³-hybridized carbons (Fsp3) is 0.0435. The first-order chi connectivity index (χ1) is 13.8. The molecule has 0 unspecified atom stereocenters. The number of hydrogen-bond donors (Lipinski definition) is 1. The fourth-order valence-corrected chi connectivity index (χ4v) is 2.82. The van der Waals surface area contributed by atoms with Crippen LogP contribution >= 0.6 is 0 Å². The number of nitrogens with one attached hydrogen (secondary N) is 1. The standard InChI is InChI=1S/C23H19N3O2/c27-23(19-9-11-20(12-10-19)26-14-3-4-15-26)25-17-18-6-5-7-21(16-18)28-22-8-1-2-13-24-22/h1-16H,17H2,(H,25,27). The summed E-state index contributed by atoms with van der Waals surface area (Å²) in [4.78, 5) is 16.6. The summed E-state index contributed by atoms with van der Waals surface area (Å²) < 4.78 is 7.73. The molecule has 0 aliphatic heterocycles. The normalized spacial score (nSPS) is 10.4. The van der Waals surface area contributed by atoms with Crippen molar-refractivity contribution in [3.63, 3.8) is 0 Å². The molecule has 0 fully saturated rings. The molecule has 5 heteroatoms. The van der Waals surface area contributed by atoms with Crippen LogP contribution in [0.3, 0.4) is 0 Å². The van der Waals surface area contributed by atoms with E-state index in [1.807, 2.05) is 89.8 Å². The van der Waals surface area contributed by atoms with Gasteiger partial charge in [-0.3, -0.25) is 4.79 Å². The van der Waals surface area contributed by atoms with Gasteiger partial charge >= 0.3 is 0 Å². The second-order valence-corrected chi connectivity index (χ2v) is 6.24. The number of carbonyl (C=O) groups excluding carboxylic acids is 1. The smallest absolute Gasteiger partial charge is 0.251 e. The molecule has 0 atom stereocenters. The highest BCUT2D eigenvalue weighted by Gasteiger charge is 2.06. The minimum Gasteiger partial charge on any atom is -0.439 e. The molecule has 1 N–H and O–H groups in total. The quantitative estimate of drug-likeness (QED) is 0.541. The third kappa shape index (κ3) is 4.27. The second-order valence-electron chi connectivity index (χ2n) is 6.24. The average molecular weight is 369 g/mol.